The second-order valence-corrected chi connectivity index (χ2v) is 6.74. The average Bonchev–Trinajstić information content (AvgIpc) is 2.86. The summed E-state index contributed by atoms with van der Waals surface area (Å²) in [5, 5.41) is 14.2. The van der Waals surface area contributed by atoms with Crippen molar-refractivity contribution in [3.8, 4) is 0 Å². The minimum absolute atomic E-state index is 0.234. The molecule has 0 saturated heterocycles. The Morgan fingerprint density at radius 1 is 1.37 bits per heavy atom. The fraction of sp³-hybridized carbons (Fsp3) is 0.714. The monoisotopic (exact) mass is 282 g/mol. The Kier molecular flexibility index (Phi) is 5.34. The Labute approximate surface area is 118 Å². The molecule has 0 amide bonds. The van der Waals surface area contributed by atoms with Crippen molar-refractivity contribution >= 4 is 16.3 Å². The summed E-state index contributed by atoms with van der Waals surface area (Å²) in [6.45, 7) is 4.12. The molecule has 2 rings (SSSR count). The summed E-state index contributed by atoms with van der Waals surface area (Å²) in [6, 6.07) is 3.43. The van der Waals surface area contributed by atoms with E-state index in [4.69, 9.17) is 0 Å². The molecule has 0 bridgehead atoms. The molecule has 1 fully saturated rings. The number of hydrogen-bond donors (Lipinski definition) is 1. The zero-order valence-electron chi connectivity index (χ0n) is 11.4. The van der Waals surface area contributed by atoms with Crippen LogP contribution in [-0.4, -0.2) is 11.5 Å². The third kappa shape index (κ3) is 4.58. The van der Waals surface area contributed by atoms with Crippen LogP contribution in [0.5, 0.6) is 0 Å². The van der Waals surface area contributed by atoms with Gasteiger partial charge in [-0.3, -0.25) is 10.1 Å². The highest BCUT2D eigenvalue weighted by atomic mass is 32.1. The molecule has 0 aromatic carbocycles. The zero-order chi connectivity index (χ0) is 13.7. The largest absolute Gasteiger partial charge is 0.324 e. The lowest BCUT2D eigenvalue weighted by Crippen LogP contribution is -2.20. The van der Waals surface area contributed by atoms with Gasteiger partial charge in [0.25, 0.3) is 0 Å². The number of nitrogens with zero attached hydrogens (tertiary/aromatic N) is 1. The van der Waals surface area contributed by atoms with E-state index in [2.05, 4.69) is 12.2 Å². The topological polar surface area (TPSA) is 55.2 Å². The van der Waals surface area contributed by atoms with Gasteiger partial charge in [-0.25, -0.2) is 0 Å². The number of nitro groups is 1. The van der Waals surface area contributed by atoms with E-state index in [1.807, 2.05) is 6.07 Å². The van der Waals surface area contributed by atoms with Crippen LogP contribution < -0.4 is 5.32 Å². The lowest BCUT2D eigenvalue weighted by Gasteiger charge is -2.26. The zero-order valence-corrected chi connectivity index (χ0v) is 12.2. The fourth-order valence-electron chi connectivity index (χ4n) is 2.70. The summed E-state index contributed by atoms with van der Waals surface area (Å²) in [4.78, 5) is 11.3. The van der Waals surface area contributed by atoms with Crippen LogP contribution >= 0.6 is 11.3 Å². The highest BCUT2D eigenvalue weighted by molar-refractivity contribution is 7.15. The third-order valence-electron chi connectivity index (χ3n) is 3.99. The lowest BCUT2D eigenvalue weighted by atomic mass is 9.81. The van der Waals surface area contributed by atoms with Crippen LogP contribution in [0.3, 0.4) is 0 Å². The molecule has 0 atom stereocenters. The molecule has 1 aromatic heterocycles. The van der Waals surface area contributed by atoms with Gasteiger partial charge in [0.2, 0.25) is 0 Å². The average molecular weight is 282 g/mol. The first-order chi connectivity index (χ1) is 9.15. The normalized spacial score (nSPS) is 23.4. The molecule has 1 aliphatic rings. The van der Waals surface area contributed by atoms with Crippen LogP contribution in [0, 0.1) is 22.0 Å². The van der Waals surface area contributed by atoms with Gasteiger partial charge in [-0.2, -0.15) is 0 Å². The predicted octanol–water partition coefficient (Wildman–Crippen LogP) is 3.96. The van der Waals surface area contributed by atoms with E-state index in [9.17, 15) is 10.1 Å². The Hall–Kier alpha value is -0.940. The van der Waals surface area contributed by atoms with Gasteiger partial charge in [-0.1, -0.05) is 43.9 Å². The molecule has 1 heterocycles. The maximum Gasteiger partial charge on any atom is 0.324 e. The van der Waals surface area contributed by atoms with E-state index in [1.54, 1.807) is 6.07 Å². The Bertz CT molecular complexity index is 411. The van der Waals surface area contributed by atoms with Crippen LogP contribution in [0.15, 0.2) is 12.1 Å². The summed E-state index contributed by atoms with van der Waals surface area (Å²) in [6.07, 6.45) is 6.73. The number of nitrogens with one attached hydrogen (secondary N) is 1. The second-order valence-electron chi connectivity index (χ2n) is 5.59. The minimum atomic E-state index is -0.322. The van der Waals surface area contributed by atoms with E-state index in [0.29, 0.717) is 0 Å². The molecule has 5 heteroatoms. The van der Waals surface area contributed by atoms with E-state index in [-0.39, 0.29) is 9.92 Å². The van der Waals surface area contributed by atoms with Crippen LogP contribution in [0.2, 0.25) is 0 Å². The molecule has 1 aliphatic carbocycles. The van der Waals surface area contributed by atoms with Crippen molar-refractivity contribution in [2.75, 3.05) is 6.54 Å². The third-order valence-corrected chi connectivity index (χ3v) is 5.03. The quantitative estimate of drug-likeness (QED) is 0.488. The molecule has 1 aromatic rings. The number of thiophene rings is 1. The van der Waals surface area contributed by atoms with Gasteiger partial charge in [0, 0.05) is 17.5 Å². The van der Waals surface area contributed by atoms with Crippen molar-refractivity contribution in [3.63, 3.8) is 0 Å². The summed E-state index contributed by atoms with van der Waals surface area (Å²) >= 11 is 1.27. The standard InChI is InChI=1S/C14H22N2O2S/c1-11-2-4-12(5-3-11)8-9-15-10-13-6-7-14(19-13)16(17)18/h6-7,11-12,15H,2-5,8-10H2,1H3. The van der Waals surface area contributed by atoms with Crippen molar-refractivity contribution in [3.05, 3.63) is 27.1 Å². The fourth-order valence-corrected chi connectivity index (χ4v) is 3.48. The van der Waals surface area contributed by atoms with E-state index in [1.165, 1.54) is 43.4 Å². The highest BCUT2D eigenvalue weighted by Crippen LogP contribution is 2.30. The first-order valence-corrected chi connectivity index (χ1v) is 7.90. The number of hydrogen-bond acceptors (Lipinski definition) is 4. The van der Waals surface area contributed by atoms with Crippen LogP contribution in [0.25, 0.3) is 0 Å². The smallest absolute Gasteiger partial charge is 0.312 e. The van der Waals surface area contributed by atoms with Crippen LogP contribution in [-0.2, 0) is 6.54 Å². The lowest BCUT2D eigenvalue weighted by molar-refractivity contribution is -0.380. The van der Waals surface area contributed by atoms with Gasteiger partial charge >= 0.3 is 5.00 Å². The molecule has 106 valence electrons. The van der Waals surface area contributed by atoms with Gasteiger partial charge in [0.1, 0.15) is 0 Å². The van der Waals surface area contributed by atoms with Crippen molar-refractivity contribution in [1.29, 1.82) is 0 Å². The first kappa shape index (κ1) is 14.5. The van der Waals surface area contributed by atoms with E-state index in [0.717, 1.165) is 29.8 Å². The highest BCUT2D eigenvalue weighted by Gasteiger charge is 2.17. The summed E-state index contributed by atoms with van der Waals surface area (Å²) in [7, 11) is 0. The summed E-state index contributed by atoms with van der Waals surface area (Å²) in [5.74, 6) is 1.79. The van der Waals surface area contributed by atoms with Crippen molar-refractivity contribution in [1.82, 2.24) is 5.32 Å². The minimum Gasteiger partial charge on any atom is -0.312 e. The second kappa shape index (κ2) is 7.01. The van der Waals surface area contributed by atoms with Gasteiger partial charge in [0.15, 0.2) is 0 Å². The molecule has 19 heavy (non-hydrogen) atoms. The molecular weight excluding hydrogens is 260 g/mol. The molecule has 1 saturated carbocycles. The maximum atomic E-state index is 10.6. The molecule has 0 radical (unpaired) electrons. The van der Waals surface area contributed by atoms with Crippen molar-refractivity contribution < 1.29 is 4.92 Å². The first-order valence-electron chi connectivity index (χ1n) is 7.09. The van der Waals surface area contributed by atoms with Crippen molar-refractivity contribution in [2.24, 2.45) is 11.8 Å². The molecule has 4 nitrogen and oxygen atoms in total. The Balaban J connectivity index is 1.62. The molecule has 1 N–H and O–H groups in total. The summed E-state index contributed by atoms with van der Waals surface area (Å²) < 4.78 is 0. The van der Waals surface area contributed by atoms with E-state index < -0.39 is 0 Å². The van der Waals surface area contributed by atoms with Gasteiger partial charge < -0.3 is 5.32 Å². The Morgan fingerprint density at radius 3 is 2.74 bits per heavy atom. The molecule has 0 aliphatic heterocycles. The van der Waals surface area contributed by atoms with Crippen LogP contribution in [0.4, 0.5) is 5.00 Å². The number of rotatable bonds is 6. The van der Waals surface area contributed by atoms with Gasteiger partial charge in [0.05, 0.1) is 4.92 Å². The Morgan fingerprint density at radius 2 is 2.11 bits per heavy atom. The van der Waals surface area contributed by atoms with Crippen molar-refractivity contribution in [2.45, 2.75) is 45.6 Å². The maximum absolute atomic E-state index is 10.6. The molecule has 0 unspecified atom stereocenters. The molecule has 0 spiro atoms. The van der Waals surface area contributed by atoms with Crippen LogP contribution in [0.1, 0.15) is 43.9 Å². The van der Waals surface area contributed by atoms with Gasteiger partial charge in [-0.15, -0.1) is 0 Å². The van der Waals surface area contributed by atoms with E-state index >= 15 is 0 Å². The predicted molar refractivity (Wildman–Crippen MR) is 78.4 cm³/mol. The molecular formula is C14H22N2O2S. The SMILES string of the molecule is CC1CCC(CCNCc2ccc([N+](=O)[O-])s2)CC1. The summed E-state index contributed by atoms with van der Waals surface area (Å²) in [5.41, 5.74) is 0. The van der Waals surface area contributed by atoms with Gasteiger partial charge in [-0.05, 0) is 30.9 Å².